The van der Waals surface area contributed by atoms with Crippen LogP contribution in [0.5, 0.6) is 0 Å². The van der Waals surface area contributed by atoms with Crippen LogP contribution in [0.15, 0.2) is 38.7 Å². The Kier molecular flexibility index (Phi) is 3.93. The van der Waals surface area contributed by atoms with Gasteiger partial charge in [-0.3, -0.25) is 0 Å². The van der Waals surface area contributed by atoms with Crippen LogP contribution in [0.3, 0.4) is 0 Å². The third kappa shape index (κ3) is 3.49. The molecule has 0 bridgehead atoms. The lowest BCUT2D eigenvalue weighted by Gasteiger charge is -2.02. The summed E-state index contributed by atoms with van der Waals surface area (Å²) < 4.78 is 32.1. The van der Waals surface area contributed by atoms with Crippen molar-refractivity contribution in [3.05, 3.63) is 41.2 Å². The minimum Gasteiger partial charge on any atom is -0.472 e. The summed E-state index contributed by atoms with van der Waals surface area (Å²) in [6.45, 7) is 0.977. The SMILES string of the molecule is O=S(=O)(NCc1ccoc1)c1cc(CNC2CC2)cs1. The van der Waals surface area contributed by atoms with Gasteiger partial charge in [0.05, 0.1) is 12.5 Å². The summed E-state index contributed by atoms with van der Waals surface area (Å²) >= 11 is 1.25. The van der Waals surface area contributed by atoms with Gasteiger partial charge in [0, 0.05) is 24.7 Å². The molecule has 7 heteroatoms. The van der Waals surface area contributed by atoms with Gasteiger partial charge in [-0.05, 0) is 35.9 Å². The molecule has 20 heavy (non-hydrogen) atoms. The summed E-state index contributed by atoms with van der Waals surface area (Å²) in [7, 11) is -3.44. The molecule has 0 atom stereocenters. The van der Waals surface area contributed by atoms with Crippen LogP contribution < -0.4 is 10.0 Å². The van der Waals surface area contributed by atoms with Gasteiger partial charge in [-0.1, -0.05) is 0 Å². The first kappa shape index (κ1) is 13.8. The lowest BCUT2D eigenvalue weighted by atomic mass is 10.3. The average molecular weight is 312 g/mol. The van der Waals surface area contributed by atoms with Crippen LogP contribution in [0.1, 0.15) is 24.0 Å². The van der Waals surface area contributed by atoms with Crippen molar-refractivity contribution in [2.45, 2.75) is 36.2 Å². The van der Waals surface area contributed by atoms with Crippen molar-refractivity contribution < 1.29 is 12.8 Å². The largest absolute Gasteiger partial charge is 0.472 e. The van der Waals surface area contributed by atoms with E-state index in [0.29, 0.717) is 10.3 Å². The normalized spacial score (nSPS) is 15.6. The molecule has 1 aliphatic carbocycles. The standard InChI is InChI=1S/C13H16N2O3S2/c16-20(17,15-7-10-3-4-18-8-10)13-5-11(9-19-13)6-14-12-1-2-12/h3-5,8-9,12,14-15H,1-2,6-7H2. The minimum absolute atomic E-state index is 0.242. The minimum atomic E-state index is -3.44. The predicted molar refractivity (Wildman–Crippen MR) is 76.9 cm³/mol. The maximum atomic E-state index is 12.1. The third-order valence-electron chi connectivity index (χ3n) is 3.11. The average Bonchev–Trinajstić information content (AvgIpc) is 2.94. The molecule has 0 spiro atoms. The molecule has 1 saturated carbocycles. The summed E-state index contributed by atoms with van der Waals surface area (Å²) in [5, 5.41) is 5.26. The molecule has 0 saturated heterocycles. The van der Waals surface area contributed by atoms with Crippen LogP contribution >= 0.6 is 11.3 Å². The Bertz CT molecular complexity index is 658. The fourth-order valence-corrected chi connectivity index (χ4v) is 4.05. The van der Waals surface area contributed by atoms with Gasteiger partial charge in [-0.2, -0.15) is 0 Å². The molecule has 3 rings (SSSR count). The van der Waals surface area contributed by atoms with Gasteiger partial charge in [-0.25, -0.2) is 13.1 Å². The number of furan rings is 1. The molecule has 2 heterocycles. The summed E-state index contributed by atoms with van der Waals surface area (Å²) in [6, 6.07) is 4.09. The van der Waals surface area contributed by atoms with E-state index in [9.17, 15) is 8.42 Å². The van der Waals surface area contributed by atoms with Crippen molar-refractivity contribution in [2.75, 3.05) is 0 Å². The van der Waals surface area contributed by atoms with E-state index in [0.717, 1.165) is 17.7 Å². The van der Waals surface area contributed by atoms with E-state index in [1.165, 1.54) is 36.7 Å². The number of thiophene rings is 1. The quantitative estimate of drug-likeness (QED) is 0.821. The molecule has 2 aromatic heterocycles. The molecular formula is C13H16N2O3S2. The van der Waals surface area contributed by atoms with Crippen molar-refractivity contribution >= 4 is 21.4 Å². The highest BCUT2D eigenvalue weighted by Crippen LogP contribution is 2.23. The first-order valence-corrected chi connectivity index (χ1v) is 8.81. The van der Waals surface area contributed by atoms with Crippen LogP contribution in [0.2, 0.25) is 0 Å². The summed E-state index contributed by atoms with van der Waals surface area (Å²) in [4.78, 5) is 0. The predicted octanol–water partition coefficient (Wildman–Crippen LogP) is 2.07. The lowest BCUT2D eigenvalue weighted by molar-refractivity contribution is 0.561. The number of nitrogens with one attached hydrogen (secondary N) is 2. The van der Waals surface area contributed by atoms with Crippen molar-refractivity contribution in [1.29, 1.82) is 0 Å². The molecule has 0 radical (unpaired) electrons. The van der Waals surface area contributed by atoms with E-state index < -0.39 is 10.0 Å². The summed E-state index contributed by atoms with van der Waals surface area (Å²) in [5.74, 6) is 0. The zero-order valence-corrected chi connectivity index (χ0v) is 12.5. The second kappa shape index (κ2) is 5.69. The van der Waals surface area contributed by atoms with Crippen LogP contribution in [-0.4, -0.2) is 14.5 Å². The second-order valence-corrected chi connectivity index (χ2v) is 7.79. The maximum Gasteiger partial charge on any atom is 0.250 e. The summed E-state index contributed by atoms with van der Waals surface area (Å²) in [5.41, 5.74) is 1.83. The van der Waals surface area contributed by atoms with Crippen LogP contribution in [0.4, 0.5) is 0 Å². The van der Waals surface area contributed by atoms with Crippen molar-refractivity contribution in [1.82, 2.24) is 10.0 Å². The first-order chi connectivity index (χ1) is 9.63. The van der Waals surface area contributed by atoms with Gasteiger partial charge in [0.15, 0.2) is 0 Å². The Morgan fingerprint density at radius 1 is 1.30 bits per heavy atom. The smallest absolute Gasteiger partial charge is 0.250 e. The molecule has 5 nitrogen and oxygen atoms in total. The molecular weight excluding hydrogens is 296 g/mol. The molecule has 0 aliphatic heterocycles. The Balaban J connectivity index is 1.61. The molecule has 2 N–H and O–H groups in total. The monoisotopic (exact) mass is 312 g/mol. The Morgan fingerprint density at radius 3 is 2.85 bits per heavy atom. The van der Waals surface area contributed by atoms with Gasteiger partial charge in [0.1, 0.15) is 4.21 Å². The molecule has 108 valence electrons. The molecule has 2 aromatic rings. The molecule has 0 aromatic carbocycles. The van der Waals surface area contributed by atoms with E-state index in [1.54, 1.807) is 12.1 Å². The van der Waals surface area contributed by atoms with E-state index in [2.05, 4.69) is 10.0 Å². The van der Waals surface area contributed by atoms with Crippen molar-refractivity contribution in [2.24, 2.45) is 0 Å². The number of rotatable bonds is 7. The van der Waals surface area contributed by atoms with Gasteiger partial charge in [0.2, 0.25) is 10.0 Å². The third-order valence-corrected chi connectivity index (χ3v) is 6.00. The number of sulfonamides is 1. The Hall–Kier alpha value is -1.15. The second-order valence-electron chi connectivity index (χ2n) is 4.89. The zero-order chi connectivity index (χ0) is 14.0. The van der Waals surface area contributed by atoms with Crippen LogP contribution in [-0.2, 0) is 23.1 Å². The fraction of sp³-hybridized carbons (Fsp3) is 0.385. The van der Waals surface area contributed by atoms with Gasteiger partial charge < -0.3 is 9.73 Å². The highest BCUT2D eigenvalue weighted by Gasteiger charge is 2.21. The Morgan fingerprint density at radius 2 is 2.15 bits per heavy atom. The van der Waals surface area contributed by atoms with Gasteiger partial charge >= 0.3 is 0 Å². The van der Waals surface area contributed by atoms with Crippen molar-refractivity contribution in [3.63, 3.8) is 0 Å². The molecule has 0 unspecified atom stereocenters. The van der Waals surface area contributed by atoms with Crippen LogP contribution in [0, 0.1) is 0 Å². The highest BCUT2D eigenvalue weighted by atomic mass is 32.2. The Labute approximate surface area is 122 Å². The molecule has 0 amide bonds. The summed E-state index contributed by atoms with van der Waals surface area (Å²) in [6.07, 6.45) is 5.50. The highest BCUT2D eigenvalue weighted by molar-refractivity contribution is 7.91. The molecule has 1 fully saturated rings. The first-order valence-electron chi connectivity index (χ1n) is 6.45. The number of hydrogen-bond acceptors (Lipinski definition) is 5. The van der Waals surface area contributed by atoms with Gasteiger partial charge in [-0.15, -0.1) is 11.3 Å². The maximum absolute atomic E-state index is 12.1. The van der Waals surface area contributed by atoms with Crippen molar-refractivity contribution in [3.8, 4) is 0 Å². The van der Waals surface area contributed by atoms with Gasteiger partial charge in [0.25, 0.3) is 0 Å². The molecule has 1 aliphatic rings. The van der Waals surface area contributed by atoms with Crippen LogP contribution in [0.25, 0.3) is 0 Å². The van der Waals surface area contributed by atoms with E-state index in [-0.39, 0.29) is 6.54 Å². The fourth-order valence-electron chi connectivity index (χ4n) is 1.78. The lowest BCUT2D eigenvalue weighted by Crippen LogP contribution is -2.22. The van der Waals surface area contributed by atoms with E-state index in [1.807, 2.05) is 5.38 Å². The topological polar surface area (TPSA) is 71.3 Å². The number of hydrogen-bond donors (Lipinski definition) is 2. The zero-order valence-electron chi connectivity index (χ0n) is 10.8. The van der Waals surface area contributed by atoms with E-state index in [4.69, 9.17) is 4.42 Å². The van der Waals surface area contributed by atoms with E-state index >= 15 is 0 Å².